The standard InChI is InChI=1S/C14H20F2N2O.ClH/c1-9(2)14(3,8-17)18-13(19)6-10-4-5-11(15)7-12(10)16;/h4-5,7,9H,6,8,17H2,1-3H3,(H,18,19);1H. The molecule has 0 aliphatic heterocycles. The summed E-state index contributed by atoms with van der Waals surface area (Å²) in [5.41, 5.74) is 5.30. The minimum Gasteiger partial charge on any atom is -0.349 e. The second kappa shape index (κ2) is 7.55. The van der Waals surface area contributed by atoms with Crippen molar-refractivity contribution in [1.29, 1.82) is 0 Å². The summed E-state index contributed by atoms with van der Waals surface area (Å²) in [6.07, 6.45) is -0.131. The maximum atomic E-state index is 13.4. The summed E-state index contributed by atoms with van der Waals surface area (Å²) >= 11 is 0. The summed E-state index contributed by atoms with van der Waals surface area (Å²) in [6, 6.07) is 3.18. The maximum Gasteiger partial charge on any atom is 0.225 e. The molecular weight excluding hydrogens is 286 g/mol. The van der Waals surface area contributed by atoms with Gasteiger partial charge in [0.2, 0.25) is 5.91 Å². The molecule has 20 heavy (non-hydrogen) atoms. The second-order valence-corrected chi connectivity index (χ2v) is 5.24. The van der Waals surface area contributed by atoms with Gasteiger partial charge in [-0.2, -0.15) is 0 Å². The van der Waals surface area contributed by atoms with Crippen LogP contribution in [-0.4, -0.2) is 18.0 Å². The zero-order chi connectivity index (χ0) is 14.6. The van der Waals surface area contributed by atoms with Crippen LogP contribution >= 0.6 is 12.4 Å². The molecule has 1 aromatic rings. The smallest absolute Gasteiger partial charge is 0.225 e. The lowest BCUT2D eigenvalue weighted by Crippen LogP contribution is -2.55. The third-order valence-electron chi connectivity index (χ3n) is 3.49. The van der Waals surface area contributed by atoms with Gasteiger partial charge in [0, 0.05) is 12.6 Å². The molecular formula is C14H21ClF2N2O. The molecule has 0 saturated heterocycles. The summed E-state index contributed by atoms with van der Waals surface area (Å²) in [5, 5.41) is 2.81. The van der Waals surface area contributed by atoms with Crippen molar-refractivity contribution >= 4 is 18.3 Å². The number of benzene rings is 1. The molecule has 0 spiro atoms. The van der Waals surface area contributed by atoms with E-state index >= 15 is 0 Å². The van der Waals surface area contributed by atoms with Gasteiger partial charge in [-0.25, -0.2) is 8.78 Å². The first-order valence-corrected chi connectivity index (χ1v) is 6.23. The molecule has 0 fully saturated rings. The van der Waals surface area contributed by atoms with E-state index in [1.807, 2.05) is 20.8 Å². The van der Waals surface area contributed by atoms with Gasteiger partial charge in [0.25, 0.3) is 0 Å². The van der Waals surface area contributed by atoms with Crippen LogP contribution in [-0.2, 0) is 11.2 Å². The Morgan fingerprint density at radius 1 is 1.40 bits per heavy atom. The highest BCUT2D eigenvalue weighted by Gasteiger charge is 2.28. The van der Waals surface area contributed by atoms with Crippen molar-refractivity contribution in [3.05, 3.63) is 35.4 Å². The normalized spacial score (nSPS) is 13.6. The highest BCUT2D eigenvalue weighted by atomic mass is 35.5. The first-order chi connectivity index (χ1) is 8.78. The Kier molecular flexibility index (Phi) is 7.09. The van der Waals surface area contributed by atoms with Gasteiger partial charge in [0.1, 0.15) is 11.6 Å². The lowest BCUT2D eigenvalue weighted by Gasteiger charge is -2.33. The van der Waals surface area contributed by atoms with E-state index in [2.05, 4.69) is 5.32 Å². The maximum absolute atomic E-state index is 13.4. The molecule has 0 bridgehead atoms. The van der Waals surface area contributed by atoms with Gasteiger partial charge in [0.15, 0.2) is 0 Å². The number of nitrogens with one attached hydrogen (secondary N) is 1. The number of hydrogen-bond acceptors (Lipinski definition) is 2. The molecule has 0 saturated carbocycles. The second-order valence-electron chi connectivity index (χ2n) is 5.24. The Morgan fingerprint density at radius 2 is 2.00 bits per heavy atom. The van der Waals surface area contributed by atoms with Gasteiger partial charge in [0.05, 0.1) is 12.0 Å². The van der Waals surface area contributed by atoms with Crippen LogP contribution in [0.4, 0.5) is 8.78 Å². The molecule has 1 atom stereocenters. The van der Waals surface area contributed by atoms with Crippen LogP contribution in [0.5, 0.6) is 0 Å². The van der Waals surface area contributed by atoms with E-state index < -0.39 is 17.2 Å². The van der Waals surface area contributed by atoms with Crippen LogP contribution in [0.2, 0.25) is 0 Å². The number of carbonyl (C=O) groups excluding carboxylic acids is 1. The molecule has 1 amide bonds. The predicted octanol–water partition coefficient (Wildman–Crippen LogP) is 2.42. The Hall–Kier alpha value is -1.20. The van der Waals surface area contributed by atoms with Crippen LogP contribution in [0.25, 0.3) is 0 Å². The Balaban J connectivity index is 0.00000361. The van der Waals surface area contributed by atoms with E-state index in [9.17, 15) is 13.6 Å². The molecule has 6 heteroatoms. The molecule has 0 heterocycles. The SMILES string of the molecule is CC(C)C(C)(CN)NC(=O)Cc1ccc(F)cc1F.Cl. The molecule has 0 aromatic heterocycles. The Labute approximate surface area is 124 Å². The van der Waals surface area contributed by atoms with Gasteiger partial charge in [-0.15, -0.1) is 12.4 Å². The average Bonchev–Trinajstić information content (AvgIpc) is 2.32. The highest BCUT2D eigenvalue weighted by molar-refractivity contribution is 5.85. The third-order valence-corrected chi connectivity index (χ3v) is 3.49. The minimum atomic E-state index is -0.714. The number of halogens is 3. The monoisotopic (exact) mass is 306 g/mol. The van der Waals surface area contributed by atoms with Crippen LogP contribution < -0.4 is 11.1 Å². The van der Waals surface area contributed by atoms with Crippen molar-refractivity contribution in [1.82, 2.24) is 5.32 Å². The fourth-order valence-corrected chi connectivity index (χ4v) is 1.63. The van der Waals surface area contributed by atoms with Gasteiger partial charge in [-0.05, 0) is 24.5 Å². The molecule has 1 rings (SSSR count). The Morgan fingerprint density at radius 3 is 2.45 bits per heavy atom. The molecule has 114 valence electrons. The predicted molar refractivity (Wildman–Crippen MR) is 77.8 cm³/mol. The number of hydrogen-bond donors (Lipinski definition) is 2. The minimum absolute atomic E-state index is 0. The topological polar surface area (TPSA) is 55.1 Å². The average molecular weight is 307 g/mol. The molecule has 1 aromatic carbocycles. The van der Waals surface area contributed by atoms with Crippen molar-refractivity contribution in [2.24, 2.45) is 11.7 Å². The van der Waals surface area contributed by atoms with Gasteiger partial charge >= 0.3 is 0 Å². The van der Waals surface area contributed by atoms with Crippen molar-refractivity contribution < 1.29 is 13.6 Å². The zero-order valence-corrected chi connectivity index (χ0v) is 12.7. The fraction of sp³-hybridized carbons (Fsp3) is 0.500. The van der Waals surface area contributed by atoms with Gasteiger partial charge in [-0.3, -0.25) is 4.79 Å². The number of rotatable bonds is 5. The van der Waals surface area contributed by atoms with Crippen LogP contribution in [0, 0.1) is 17.6 Å². The van der Waals surface area contributed by atoms with Crippen molar-refractivity contribution in [2.45, 2.75) is 32.7 Å². The van der Waals surface area contributed by atoms with Crippen molar-refractivity contribution in [2.75, 3.05) is 6.54 Å². The van der Waals surface area contributed by atoms with Crippen molar-refractivity contribution in [3.63, 3.8) is 0 Å². The van der Waals surface area contributed by atoms with E-state index in [1.54, 1.807) is 0 Å². The Bertz CT molecular complexity index is 468. The van der Waals surface area contributed by atoms with E-state index in [0.717, 1.165) is 12.1 Å². The summed E-state index contributed by atoms with van der Waals surface area (Å²) < 4.78 is 26.2. The van der Waals surface area contributed by atoms with E-state index in [1.165, 1.54) is 6.07 Å². The van der Waals surface area contributed by atoms with Gasteiger partial charge in [-0.1, -0.05) is 19.9 Å². The van der Waals surface area contributed by atoms with Crippen molar-refractivity contribution in [3.8, 4) is 0 Å². The lowest BCUT2D eigenvalue weighted by molar-refractivity contribution is -0.122. The van der Waals surface area contributed by atoms with Crippen LogP contribution in [0.15, 0.2) is 18.2 Å². The van der Waals surface area contributed by atoms with Gasteiger partial charge < -0.3 is 11.1 Å². The summed E-state index contributed by atoms with van der Waals surface area (Å²) in [4.78, 5) is 11.9. The molecule has 3 N–H and O–H groups in total. The number of carbonyl (C=O) groups is 1. The summed E-state index contributed by atoms with van der Waals surface area (Å²) in [7, 11) is 0. The first-order valence-electron chi connectivity index (χ1n) is 6.23. The molecule has 0 radical (unpaired) electrons. The molecule has 0 aliphatic rings. The number of amides is 1. The summed E-state index contributed by atoms with van der Waals surface area (Å²) in [6.45, 7) is 6.04. The quantitative estimate of drug-likeness (QED) is 0.878. The van der Waals surface area contributed by atoms with E-state index in [0.29, 0.717) is 6.54 Å². The largest absolute Gasteiger partial charge is 0.349 e. The van der Waals surface area contributed by atoms with E-state index in [-0.39, 0.29) is 36.2 Å². The lowest BCUT2D eigenvalue weighted by atomic mass is 9.88. The third kappa shape index (κ3) is 4.72. The van der Waals surface area contributed by atoms with Crippen LogP contribution in [0.1, 0.15) is 26.3 Å². The van der Waals surface area contributed by atoms with E-state index in [4.69, 9.17) is 5.73 Å². The fourth-order valence-electron chi connectivity index (χ4n) is 1.63. The molecule has 0 aliphatic carbocycles. The molecule has 3 nitrogen and oxygen atoms in total. The zero-order valence-electron chi connectivity index (χ0n) is 11.9. The number of nitrogens with two attached hydrogens (primary N) is 1. The highest BCUT2D eigenvalue weighted by Crippen LogP contribution is 2.16. The van der Waals surface area contributed by atoms with Crippen LogP contribution in [0.3, 0.4) is 0 Å². The summed E-state index contributed by atoms with van der Waals surface area (Å²) in [5.74, 6) is -1.54. The first kappa shape index (κ1) is 18.8. The molecule has 1 unspecified atom stereocenters.